The molecule has 0 fully saturated rings. The first-order valence-electron chi connectivity index (χ1n) is 7.48. The third kappa shape index (κ3) is 2.94. The normalized spacial score (nSPS) is 13.6. The number of carbonyl (C=O) groups is 1. The zero-order valence-corrected chi connectivity index (χ0v) is 13.5. The number of benzene rings is 1. The number of imidazole rings is 1. The molecule has 0 spiro atoms. The topological polar surface area (TPSA) is 55.1 Å². The minimum atomic E-state index is -0.897. The standard InChI is InChI=1S/C17H24N2O2/c1-6-11(2)10-19-14-12(15(20)21)8-7-9-13(14)18-16(19)17(3,4)5/h7-9,11H,6,10H2,1-5H3,(H,20,21). The number of aromatic carboxylic acids is 1. The largest absolute Gasteiger partial charge is 0.478 e. The maximum Gasteiger partial charge on any atom is 0.337 e. The molecule has 0 aliphatic carbocycles. The summed E-state index contributed by atoms with van der Waals surface area (Å²) in [4.78, 5) is 16.3. The number of hydrogen-bond acceptors (Lipinski definition) is 2. The van der Waals surface area contributed by atoms with E-state index < -0.39 is 5.97 Å². The van der Waals surface area contributed by atoms with Gasteiger partial charge in [0.15, 0.2) is 0 Å². The van der Waals surface area contributed by atoms with Crippen LogP contribution in [0.4, 0.5) is 0 Å². The molecule has 0 aliphatic heterocycles. The first-order chi connectivity index (χ1) is 9.75. The Kier molecular flexibility index (Phi) is 4.08. The van der Waals surface area contributed by atoms with Crippen molar-refractivity contribution >= 4 is 17.0 Å². The summed E-state index contributed by atoms with van der Waals surface area (Å²) in [6, 6.07) is 5.31. The van der Waals surface area contributed by atoms with E-state index in [0.717, 1.165) is 29.8 Å². The highest BCUT2D eigenvalue weighted by atomic mass is 16.4. The second-order valence-electron chi connectivity index (χ2n) is 6.79. The average Bonchev–Trinajstić information content (AvgIpc) is 2.77. The van der Waals surface area contributed by atoms with Crippen LogP contribution in [0.2, 0.25) is 0 Å². The van der Waals surface area contributed by atoms with E-state index in [2.05, 4.69) is 39.2 Å². The molecular formula is C17H24N2O2. The van der Waals surface area contributed by atoms with Gasteiger partial charge in [0.2, 0.25) is 0 Å². The van der Waals surface area contributed by atoms with Gasteiger partial charge in [0.25, 0.3) is 0 Å². The first kappa shape index (κ1) is 15.5. The molecule has 1 N–H and O–H groups in total. The van der Waals surface area contributed by atoms with Gasteiger partial charge < -0.3 is 9.67 Å². The SMILES string of the molecule is CCC(C)Cn1c(C(C)(C)C)nc2cccc(C(=O)O)c21. The van der Waals surface area contributed by atoms with Gasteiger partial charge in [0.1, 0.15) is 5.82 Å². The molecule has 1 aromatic heterocycles. The third-order valence-corrected chi connectivity index (χ3v) is 3.86. The Bertz CT molecular complexity index is 665. The molecule has 2 aromatic rings. The van der Waals surface area contributed by atoms with E-state index >= 15 is 0 Å². The van der Waals surface area contributed by atoms with Crippen molar-refractivity contribution in [1.29, 1.82) is 0 Å². The second-order valence-corrected chi connectivity index (χ2v) is 6.79. The van der Waals surface area contributed by atoms with E-state index in [0.29, 0.717) is 11.5 Å². The van der Waals surface area contributed by atoms with Crippen LogP contribution in [-0.2, 0) is 12.0 Å². The van der Waals surface area contributed by atoms with Crippen LogP contribution < -0.4 is 0 Å². The lowest BCUT2D eigenvalue weighted by Crippen LogP contribution is -2.21. The van der Waals surface area contributed by atoms with Crippen LogP contribution in [0.5, 0.6) is 0 Å². The van der Waals surface area contributed by atoms with Gasteiger partial charge in [-0.2, -0.15) is 0 Å². The number of carboxylic acid groups (broad SMARTS) is 1. The fourth-order valence-corrected chi connectivity index (χ4v) is 2.55. The smallest absolute Gasteiger partial charge is 0.337 e. The summed E-state index contributed by atoms with van der Waals surface area (Å²) in [5, 5.41) is 9.47. The lowest BCUT2D eigenvalue weighted by molar-refractivity contribution is 0.0698. The van der Waals surface area contributed by atoms with Gasteiger partial charge in [0.05, 0.1) is 16.6 Å². The van der Waals surface area contributed by atoms with Crippen LogP contribution in [-0.4, -0.2) is 20.6 Å². The minimum Gasteiger partial charge on any atom is -0.478 e. The van der Waals surface area contributed by atoms with Gasteiger partial charge in [0, 0.05) is 12.0 Å². The number of rotatable bonds is 4. The number of hydrogen-bond donors (Lipinski definition) is 1. The molecule has 0 bridgehead atoms. The lowest BCUT2D eigenvalue weighted by Gasteiger charge is -2.22. The molecule has 0 aliphatic rings. The number of para-hydroxylation sites is 1. The van der Waals surface area contributed by atoms with Crippen molar-refractivity contribution in [2.45, 2.75) is 53.0 Å². The number of nitrogens with zero attached hydrogens (tertiary/aromatic N) is 2. The summed E-state index contributed by atoms with van der Waals surface area (Å²) in [5.74, 6) is 0.531. The zero-order valence-electron chi connectivity index (χ0n) is 13.5. The molecule has 0 saturated heterocycles. The number of aromatic nitrogens is 2. The molecule has 1 atom stereocenters. The predicted octanol–water partition coefficient (Wildman–Crippen LogP) is 4.08. The quantitative estimate of drug-likeness (QED) is 0.922. The molecule has 4 nitrogen and oxygen atoms in total. The summed E-state index contributed by atoms with van der Waals surface area (Å²) in [6.45, 7) is 11.5. The van der Waals surface area contributed by atoms with E-state index in [1.165, 1.54) is 0 Å². The molecule has 2 rings (SSSR count). The Hall–Kier alpha value is -1.84. The molecule has 21 heavy (non-hydrogen) atoms. The van der Waals surface area contributed by atoms with E-state index in [1.54, 1.807) is 12.1 Å². The molecular weight excluding hydrogens is 264 g/mol. The van der Waals surface area contributed by atoms with E-state index in [-0.39, 0.29) is 5.41 Å². The minimum absolute atomic E-state index is 0.123. The summed E-state index contributed by atoms with van der Waals surface area (Å²) >= 11 is 0. The van der Waals surface area contributed by atoms with E-state index in [1.807, 2.05) is 6.07 Å². The summed E-state index contributed by atoms with van der Waals surface area (Å²) in [5.41, 5.74) is 1.72. The Morgan fingerprint density at radius 3 is 2.57 bits per heavy atom. The molecule has 1 aromatic carbocycles. The monoisotopic (exact) mass is 288 g/mol. The highest BCUT2D eigenvalue weighted by Gasteiger charge is 2.25. The molecule has 0 saturated carbocycles. The van der Waals surface area contributed by atoms with Gasteiger partial charge in [-0.15, -0.1) is 0 Å². The van der Waals surface area contributed by atoms with Gasteiger partial charge in [-0.1, -0.05) is 47.1 Å². The highest BCUT2D eigenvalue weighted by Crippen LogP contribution is 2.29. The molecule has 1 unspecified atom stereocenters. The number of fused-ring (bicyclic) bond motifs is 1. The first-order valence-corrected chi connectivity index (χ1v) is 7.48. The molecule has 0 amide bonds. The van der Waals surface area contributed by atoms with Gasteiger partial charge >= 0.3 is 5.97 Å². The number of carboxylic acids is 1. The Morgan fingerprint density at radius 2 is 2.05 bits per heavy atom. The fourth-order valence-electron chi connectivity index (χ4n) is 2.55. The van der Waals surface area contributed by atoms with Crippen molar-refractivity contribution < 1.29 is 9.90 Å². The average molecular weight is 288 g/mol. The maximum absolute atomic E-state index is 11.5. The Labute approximate surface area is 125 Å². The van der Waals surface area contributed by atoms with Crippen LogP contribution >= 0.6 is 0 Å². The van der Waals surface area contributed by atoms with Crippen LogP contribution in [0.3, 0.4) is 0 Å². The van der Waals surface area contributed by atoms with Crippen molar-refractivity contribution in [1.82, 2.24) is 9.55 Å². The lowest BCUT2D eigenvalue weighted by atomic mass is 9.95. The van der Waals surface area contributed by atoms with Crippen LogP contribution in [0.15, 0.2) is 18.2 Å². The Balaban J connectivity index is 2.77. The second kappa shape index (κ2) is 5.51. The summed E-state index contributed by atoms with van der Waals surface area (Å²) in [6.07, 6.45) is 1.05. The van der Waals surface area contributed by atoms with Crippen molar-refractivity contribution in [3.8, 4) is 0 Å². The van der Waals surface area contributed by atoms with Crippen molar-refractivity contribution in [3.63, 3.8) is 0 Å². The fraction of sp³-hybridized carbons (Fsp3) is 0.529. The summed E-state index contributed by atoms with van der Waals surface area (Å²) < 4.78 is 2.10. The summed E-state index contributed by atoms with van der Waals surface area (Å²) in [7, 11) is 0. The van der Waals surface area contributed by atoms with Crippen molar-refractivity contribution in [2.75, 3.05) is 0 Å². The zero-order chi connectivity index (χ0) is 15.8. The predicted molar refractivity (Wildman–Crippen MR) is 84.8 cm³/mol. The highest BCUT2D eigenvalue weighted by molar-refractivity contribution is 6.01. The van der Waals surface area contributed by atoms with Crippen LogP contribution in [0.1, 0.15) is 57.2 Å². The van der Waals surface area contributed by atoms with E-state index in [4.69, 9.17) is 4.98 Å². The third-order valence-electron chi connectivity index (χ3n) is 3.86. The van der Waals surface area contributed by atoms with Crippen LogP contribution in [0, 0.1) is 5.92 Å². The molecule has 114 valence electrons. The Morgan fingerprint density at radius 1 is 1.38 bits per heavy atom. The molecule has 4 heteroatoms. The molecule has 0 radical (unpaired) electrons. The van der Waals surface area contributed by atoms with Crippen molar-refractivity contribution in [2.24, 2.45) is 5.92 Å². The van der Waals surface area contributed by atoms with E-state index in [9.17, 15) is 9.90 Å². The van der Waals surface area contributed by atoms with Crippen LogP contribution in [0.25, 0.3) is 11.0 Å². The van der Waals surface area contributed by atoms with Gasteiger partial charge in [-0.05, 0) is 18.1 Å². The van der Waals surface area contributed by atoms with Gasteiger partial charge in [-0.25, -0.2) is 9.78 Å². The van der Waals surface area contributed by atoms with Gasteiger partial charge in [-0.3, -0.25) is 0 Å². The maximum atomic E-state index is 11.5. The van der Waals surface area contributed by atoms with Crippen molar-refractivity contribution in [3.05, 3.63) is 29.6 Å². The molecule has 1 heterocycles.